The van der Waals surface area contributed by atoms with Gasteiger partial charge >= 0.3 is 12.0 Å². The van der Waals surface area contributed by atoms with Gasteiger partial charge in [-0.15, -0.1) is 0 Å². The van der Waals surface area contributed by atoms with E-state index in [4.69, 9.17) is 5.11 Å². The van der Waals surface area contributed by atoms with Gasteiger partial charge in [0.25, 0.3) is 0 Å². The predicted molar refractivity (Wildman–Crippen MR) is 78.9 cm³/mol. The van der Waals surface area contributed by atoms with E-state index < -0.39 is 5.97 Å². The number of hydrogen-bond acceptors (Lipinski definition) is 2. The fourth-order valence-electron chi connectivity index (χ4n) is 2.16. The number of nitrogens with zero attached hydrogens (tertiary/aromatic N) is 1. The summed E-state index contributed by atoms with van der Waals surface area (Å²) >= 11 is 0. The lowest BCUT2D eigenvalue weighted by Gasteiger charge is -2.27. The molecule has 2 amide bonds. The molecule has 0 heterocycles. The first-order valence-electron chi connectivity index (χ1n) is 6.86. The number of aliphatic carboxylic acids is 1. The number of urea groups is 1. The third-order valence-corrected chi connectivity index (χ3v) is 3.24. The van der Waals surface area contributed by atoms with Crippen LogP contribution in [0.5, 0.6) is 0 Å². The molecule has 5 heteroatoms. The lowest BCUT2D eigenvalue weighted by Crippen LogP contribution is -2.42. The summed E-state index contributed by atoms with van der Waals surface area (Å²) in [6.45, 7) is 6.07. The molecule has 0 aliphatic carbocycles. The summed E-state index contributed by atoms with van der Waals surface area (Å²) in [7, 11) is 0. The molecule has 0 saturated carbocycles. The van der Waals surface area contributed by atoms with E-state index in [0.717, 1.165) is 17.7 Å². The third-order valence-electron chi connectivity index (χ3n) is 3.24. The van der Waals surface area contributed by atoms with Crippen LogP contribution in [-0.2, 0) is 11.2 Å². The van der Waals surface area contributed by atoms with Gasteiger partial charge in [-0.3, -0.25) is 4.79 Å². The van der Waals surface area contributed by atoms with Crippen molar-refractivity contribution in [1.82, 2.24) is 4.90 Å². The molecule has 0 aliphatic heterocycles. The smallest absolute Gasteiger partial charge is 0.322 e. The van der Waals surface area contributed by atoms with E-state index in [2.05, 4.69) is 5.32 Å². The van der Waals surface area contributed by atoms with Crippen LogP contribution in [-0.4, -0.2) is 34.6 Å². The van der Waals surface area contributed by atoms with Crippen molar-refractivity contribution < 1.29 is 14.7 Å². The summed E-state index contributed by atoms with van der Waals surface area (Å²) in [5.41, 5.74) is 1.84. The molecule has 0 aromatic heterocycles. The largest absolute Gasteiger partial charge is 0.481 e. The zero-order valence-corrected chi connectivity index (χ0v) is 12.2. The molecular formula is C15H22N2O3. The number of carbonyl (C=O) groups excluding carboxylic acids is 1. The van der Waals surface area contributed by atoms with E-state index in [1.54, 1.807) is 6.92 Å². The minimum atomic E-state index is -0.905. The number of carboxylic acid groups (broad SMARTS) is 1. The molecule has 1 aromatic rings. The second-order valence-corrected chi connectivity index (χ2v) is 4.67. The first-order valence-corrected chi connectivity index (χ1v) is 6.86. The summed E-state index contributed by atoms with van der Waals surface area (Å²) in [4.78, 5) is 24.5. The van der Waals surface area contributed by atoms with E-state index in [0.29, 0.717) is 6.54 Å². The van der Waals surface area contributed by atoms with Crippen LogP contribution >= 0.6 is 0 Å². The summed E-state index contributed by atoms with van der Waals surface area (Å²) in [6, 6.07) is 7.01. The number of amides is 2. The van der Waals surface area contributed by atoms with Crippen molar-refractivity contribution in [3.63, 3.8) is 0 Å². The number of para-hydroxylation sites is 1. The van der Waals surface area contributed by atoms with Crippen LogP contribution < -0.4 is 5.32 Å². The van der Waals surface area contributed by atoms with Gasteiger partial charge in [0.2, 0.25) is 0 Å². The Morgan fingerprint density at radius 2 is 1.95 bits per heavy atom. The summed E-state index contributed by atoms with van der Waals surface area (Å²) in [5.74, 6) is -0.905. The predicted octanol–water partition coefficient (Wildman–Crippen LogP) is 2.97. The number of benzene rings is 1. The molecule has 5 nitrogen and oxygen atoms in total. The van der Waals surface area contributed by atoms with Crippen molar-refractivity contribution in [2.75, 3.05) is 11.9 Å². The van der Waals surface area contributed by atoms with Crippen LogP contribution in [0.2, 0.25) is 0 Å². The molecule has 20 heavy (non-hydrogen) atoms. The van der Waals surface area contributed by atoms with Gasteiger partial charge in [0.05, 0.1) is 6.42 Å². The van der Waals surface area contributed by atoms with Crippen LogP contribution in [0.3, 0.4) is 0 Å². The summed E-state index contributed by atoms with van der Waals surface area (Å²) < 4.78 is 0. The van der Waals surface area contributed by atoms with Crippen LogP contribution in [0, 0.1) is 0 Å². The molecule has 0 radical (unpaired) electrons. The first kappa shape index (κ1) is 16.0. The molecule has 1 unspecified atom stereocenters. The van der Waals surface area contributed by atoms with Gasteiger partial charge in [0.1, 0.15) is 0 Å². The first-order chi connectivity index (χ1) is 9.49. The number of hydrogen-bond donors (Lipinski definition) is 2. The number of nitrogens with one attached hydrogen (secondary N) is 1. The molecular weight excluding hydrogens is 256 g/mol. The zero-order chi connectivity index (χ0) is 15.1. The Morgan fingerprint density at radius 3 is 2.50 bits per heavy atom. The highest BCUT2D eigenvalue weighted by Crippen LogP contribution is 2.17. The van der Waals surface area contributed by atoms with Gasteiger partial charge in [-0.2, -0.15) is 0 Å². The maximum atomic E-state index is 12.3. The number of anilines is 1. The molecule has 0 fully saturated rings. The van der Waals surface area contributed by atoms with Gasteiger partial charge in [0.15, 0.2) is 0 Å². The van der Waals surface area contributed by atoms with Gasteiger partial charge in [0, 0.05) is 18.3 Å². The van der Waals surface area contributed by atoms with Crippen LogP contribution in [0.1, 0.15) is 32.8 Å². The zero-order valence-electron chi connectivity index (χ0n) is 12.2. The third kappa shape index (κ3) is 4.26. The van der Waals surface area contributed by atoms with E-state index in [9.17, 15) is 9.59 Å². The number of carbonyl (C=O) groups is 2. The summed E-state index contributed by atoms with van der Waals surface area (Å²) in [6.07, 6.45) is 0.768. The maximum Gasteiger partial charge on any atom is 0.322 e. The Kier molecular flexibility index (Phi) is 6.03. The number of carboxylic acids is 1. The highest BCUT2D eigenvalue weighted by atomic mass is 16.4. The monoisotopic (exact) mass is 278 g/mol. The normalized spacial score (nSPS) is 11.8. The fourth-order valence-corrected chi connectivity index (χ4v) is 2.16. The van der Waals surface area contributed by atoms with Gasteiger partial charge in [-0.25, -0.2) is 4.79 Å². The molecule has 0 bridgehead atoms. The lowest BCUT2D eigenvalue weighted by molar-refractivity contribution is -0.137. The average Bonchev–Trinajstić information content (AvgIpc) is 2.39. The van der Waals surface area contributed by atoms with E-state index >= 15 is 0 Å². The van der Waals surface area contributed by atoms with Crippen molar-refractivity contribution in [2.45, 2.75) is 39.7 Å². The second-order valence-electron chi connectivity index (χ2n) is 4.67. The van der Waals surface area contributed by atoms with Crippen molar-refractivity contribution in [1.29, 1.82) is 0 Å². The molecule has 110 valence electrons. The van der Waals surface area contributed by atoms with Crippen molar-refractivity contribution in [3.05, 3.63) is 29.8 Å². The van der Waals surface area contributed by atoms with Crippen molar-refractivity contribution >= 4 is 17.7 Å². The van der Waals surface area contributed by atoms with Crippen molar-refractivity contribution in [3.8, 4) is 0 Å². The van der Waals surface area contributed by atoms with Gasteiger partial charge in [-0.05, 0) is 31.9 Å². The van der Waals surface area contributed by atoms with E-state index in [1.807, 2.05) is 38.1 Å². The number of rotatable bonds is 6. The van der Waals surface area contributed by atoms with Crippen LogP contribution in [0.25, 0.3) is 0 Å². The Morgan fingerprint density at radius 1 is 1.30 bits per heavy atom. The minimum Gasteiger partial charge on any atom is -0.481 e. The standard InChI is InChI=1S/C15H22N2O3/c1-4-12-8-6-7-9-13(12)16-15(20)17(5-2)11(3)10-14(18)19/h6-9,11H,4-5,10H2,1-3H3,(H,16,20)(H,18,19). The Balaban J connectivity index is 2.79. The molecule has 1 aromatic carbocycles. The highest BCUT2D eigenvalue weighted by Gasteiger charge is 2.21. The Bertz CT molecular complexity index is 474. The topological polar surface area (TPSA) is 69.6 Å². The fraction of sp³-hybridized carbons (Fsp3) is 0.467. The molecule has 1 rings (SSSR count). The van der Waals surface area contributed by atoms with Crippen LogP contribution in [0.4, 0.5) is 10.5 Å². The average molecular weight is 278 g/mol. The van der Waals surface area contributed by atoms with Gasteiger partial charge in [-0.1, -0.05) is 25.1 Å². The SMILES string of the molecule is CCc1ccccc1NC(=O)N(CC)C(C)CC(=O)O. The van der Waals surface area contributed by atoms with E-state index in [1.165, 1.54) is 4.90 Å². The molecule has 0 aliphatic rings. The maximum absolute atomic E-state index is 12.3. The highest BCUT2D eigenvalue weighted by molar-refractivity contribution is 5.90. The van der Waals surface area contributed by atoms with E-state index in [-0.39, 0.29) is 18.5 Å². The molecule has 1 atom stereocenters. The quantitative estimate of drug-likeness (QED) is 0.840. The lowest BCUT2D eigenvalue weighted by atomic mass is 10.1. The molecule has 0 spiro atoms. The second kappa shape index (κ2) is 7.53. The Labute approximate surface area is 119 Å². The molecule has 2 N–H and O–H groups in total. The van der Waals surface area contributed by atoms with Gasteiger partial charge < -0.3 is 15.3 Å². The Hall–Kier alpha value is -2.04. The molecule has 0 saturated heterocycles. The van der Waals surface area contributed by atoms with Crippen molar-refractivity contribution in [2.24, 2.45) is 0 Å². The minimum absolute atomic E-state index is 0.0588. The summed E-state index contributed by atoms with van der Waals surface area (Å²) in [5, 5.41) is 11.7. The van der Waals surface area contributed by atoms with Crippen LogP contribution in [0.15, 0.2) is 24.3 Å². The number of aryl methyl sites for hydroxylation is 1.